The van der Waals surface area contributed by atoms with Crippen LogP contribution in [0.25, 0.3) is 0 Å². The number of rotatable bonds is 7. The molecule has 0 aliphatic carbocycles. The first-order valence-corrected chi connectivity index (χ1v) is 8.45. The molecule has 2 amide bonds. The third-order valence-electron chi connectivity index (χ3n) is 4.39. The Labute approximate surface area is 154 Å². The average Bonchev–Trinajstić information content (AvgIpc) is 2.90. The molecule has 2 rings (SSSR count). The number of carbonyl (C=O) groups is 3. The topological polar surface area (TPSA) is 86.7 Å². The monoisotopic (exact) mass is 386 g/mol. The standard InChI is InChI=1S/C18H21F3N2O4/c1-11-3-2-4-12(5-11)6-13(17(26)27)8-22-16(25)14-7-15(24)23(9-14)10-18(19,20)21/h2-5,13-14H,6-10H2,1H3,(H,22,25)(H,26,27)/t13-,14-/m0/s1. The molecule has 27 heavy (non-hydrogen) atoms. The summed E-state index contributed by atoms with van der Waals surface area (Å²) in [5, 5.41) is 11.8. The second kappa shape index (κ2) is 8.41. The number of carboxylic acids is 1. The number of aryl methyl sites for hydroxylation is 1. The Morgan fingerprint density at radius 3 is 2.67 bits per heavy atom. The number of benzene rings is 1. The summed E-state index contributed by atoms with van der Waals surface area (Å²) in [5.41, 5.74) is 1.79. The number of hydrogen-bond acceptors (Lipinski definition) is 3. The molecule has 1 fully saturated rings. The van der Waals surface area contributed by atoms with Crippen molar-refractivity contribution in [1.82, 2.24) is 10.2 Å². The minimum atomic E-state index is -4.52. The summed E-state index contributed by atoms with van der Waals surface area (Å²) >= 11 is 0. The van der Waals surface area contributed by atoms with Crippen LogP contribution < -0.4 is 5.32 Å². The van der Waals surface area contributed by atoms with Crippen LogP contribution in [-0.2, 0) is 20.8 Å². The Morgan fingerprint density at radius 1 is 1.37 bits per heavy atom. The van der Waals surface area contributed by atoms with Gasteiger partial charge in [-0.1, -0.05) is 29.8 Å². The molecule has 148 valence electrons. The Hall–Kier alpha value is -2.58. The number of amides is 2. The van der Waals surface area contributed by atoms with E-state index in [1.807, 2.05) is 25.1 Å². The van der Waals surface area contributed by atoms with Crippen molar-refractivity contribution in [1.29, 1.82) is 0 Å². The van der Waals surface area contributed by atoms with Crippen LogP contribution in [0.15, 0.2) is 24.3 Å². The molecule has 6 nitrogen and oxygen atoms in total. The predicted molar refractivity (Wildman–Crippen MR) is 89.8 cm³/mol. The van der Waals surface area contributed by atoms with Gasteiger partial charge in [0.2, 0.25) is 11.8 Å². The lowest BCUT2D eigenvalue weighted by atomic mass is 9.97. The van der Waals surface area contributed by atoms with E-state index in [9.17, 15) is 32.7 Å². The van der Waals surface area contributed by atoms with Crippen molar-refractivity contribution >= 4 is 17.8 Å². The zero-order valence-electron chi connectivity index (χ0n) is 14.8. The molecule has 0 bridgehead atoms. The minimum Gasteiger partial charge on any atom is -0.481 e. The summed E-state index contributed by atoms with van der Waals surface area (Å²) in [7, 11) is 0. The SMILES string of the molecule is Cc1cccc(C[C@@H](CNC(=O)[C@H]2CC(=O)N(CC(F)(F)F)C2)C(=O)O)c1. The van der Waals surface area contributed by atoms with Gasteiger partial charge in [-0.25, -0.2) is 0 Å². The van der Waals surface area contributed by atoms with Gasteiger partial charge in [-0.2, -0.15) is 13.2 Å². The summed E-state index contributed by atoms with van der Waals surface area (Å²) in [6.45, 7) is 0.0113. The van der Waals surface area contributed by atoms with Gasteiger partial charge in [0, 0.05) is 19.5 Å². The number of carbonyl (C=O) groups excluding carboxylic acids is 2. The summed E-state index contributed by atoms with van der Waals surface area (Å²) in [6.07, 6.45) is -4.62. The molecular weight excluding hydrogens is 365 g/mol. The van der Waals surface area contributed by atoms with E-state index in [4.69, 9.17) is 0 Å². The molecule has 0 aromatic heterocycles. The molecule has 0 unspecified atom stereocenters. The minimum absolute atomic E-state index is 0.161. The first-order valence-electron chi connectivity index (χ1n) is 8.45. The lowest BCUT2D eigenvalue weighted by Crippen LogP contribution is -2.39. The Bertz CT molecular complexity index is 721. The first-order chi connectivity index (χ1) is 12.5. The van der Waals surface area contributed by atoms with Crippen LogP contribution in [0.5, 0.6) is 0 Å². The number of halogens is 3. The number of carboxylic acid groups (broad SMARTS) is 1. The maximum atomic E-state index is 12.4. The zero-order valence-corrected chi connectivity index (χ0v) is 14.8. The second-order valence-electron chi connectivity index (χ2n) is 6.76. The lowest BCUT2D eigenvalue weighted by molar-refractivity contribution is -0.157. The molecule has 0 saturated carbocycles. The molecule has 9 heteroatoms. The van der Waals surface area contributed by atoms with E-state index in [1.165, 1.54) is 0 Å². The summed E-state index contributed by atoms with van der Waals surface area (Å²) in [5.74, 6) is -4.21. The smallest absolute Gasteiger partial charge is 0.406 e. The van der Waals surface area contributed by atoms with Gasteiger partial charge < -0.3 is 15.3 Å². The van der Waals surface area contributed by atoms with Crippen molar-refractivity contribution in [2.24, 2.45) is 11.8 Å². The van der Waals surface area contributed by atoms with Crippen molar-refractivity contribution in [3.05, 3.63) is 35.4 Å². The molecule has 1 saturated heterocycles. The van der Waals surface area contributed by atoms with Crippen molar-refractivity contribution in [2.45, 2.75) is 25.9 Å². The van der Waals surface area contributed by atoms with Gasteiger partial charge in [0.15, 0.2) is 0 Å². The van der Waals surface area contributed by atoms with Crippen LogP contribution in [0.3, 0.4) is 0 Å². The molecule has 1 aliphatic heterocycles. The molecule has 2 N–H and O–H groups in total. The zero-order chi connectivity index (χ0) is 20.2. The van der Waals surface area contributed by atoms with Gasteiger partial charge in [-0.15, -0.1) is 0 Å². The summed E-state index contributed by atoms with van der Waals surface area (Å²) < 4.78 is 37.3. The predicted octanol–water partition coefficient (Wildman–Crippen LogP) is 1.77. The maximum Gasteiger partial charge on any atom is 0.406 e. The molecule has 1 aromatic rings. The van der Waals surface area contributed by atoms with Crippen molar-refractivity contribution < 1.29 is 32.7 Å². The quantitative estimate of drug-likeness (QED) is 0.748. The highest BCUT2D eigenvalue weighted by Gasteiger charge is 2.40. The third-order valence-corrected chi connectivity index (χ3v) is 4.39. The van der Waals surface area contributed by atoms with Gasteiger partial charge in [-0.3, -0.25) is 14.4 Å². The first kappa shape index (κ1) is 20.7. The van der Waals surface area contributed by atoms with Crippen LogP contribution in [-0.4, -0.2) is 53.6 Å². The Morgan fingerprint density at radius 2 is 2.07 bits per heavy atom. The number of likely N-dealkylation sites (tertiary alicyclic amines) is 1. The van der Waals surface area contributed by atoms with E-state index in [0.717, 1.165) is 11.1 Å². The molecule has 0 spiro atoms. The van der Waals surface area contributed by atoms with Crippen LogP contribution in [0.4, 0.5) is 13.2 Å². The van der Waals surface area contributed by atoms with Gasteiger partial charge in [0.05, 0.1) is 11.8 Å². The highest BCUT2D eigenvalue weighted by molar-refractivity contribution is 5.89. The van der Waals surface area contributed by atoms with E-state index < -0.39 is 42.3 Å². The van der Waals surface area contributed by atoms with Crippen LogP contribution in [0.2, 0.25) is 0 Å². The summed E-state index contributed by atoms with van der Waals surface area (Å²) in [6, 6.07) is 7.32. The number of nitrogens with zero attached hydrogens (tertiary/aromatic N) is 1. The van der Waals surface area contributed by atoms with Gasteiger partial charge in [0.25, 0.3) is 0 Å². The molecule has 2 atom stereocenters. The van der Waals surface area contributed by atoms with Crippen LogP contribution >= 0.6 is 0 Å². The van der Waals surface area contributed by atoms with Gasteiger partial charge in [-0.05, 0) is 18.9 Å². The Balaban J connectivity index is 1.90. The van der Waals surface area contributed by atoms with Crippen molar-refractivity contribution in [3.8, 4) is 0 Å². The molecule has 0 radical (unpaired) electrons. The normalized spacial score (nSPS) is 18.4. The van der Waals surface area contributed by atoms with Crippen molar-refractivity contribution in [3.63, 3.8) is 0 Å². The van der Waals surface area contributed by atoms with E-state index in [0.29, 0.717) is 4.90 Å². The second-order valence-corrected chi connectivity index (χ2v) is 6.76. The highest BCUT2D eigenvalue weighted by atomic mass is 19.4. The fourth-order valence-electron chi connectivity index (χ4n) is 3.06. The lowest BCUT2D eigenvalue weighted by Gasteiger charge is -2.19. The van der Waals surface area contributed by atoms with E-state index in [1.54, 1.807) is 6.07 Å². The number of hydrogen-bond donors (Lipinski definition) is 2. The van der Waals surface area contributed by atoms with Crippen LogP contribution in [0, 0.1) is 18.8 Å². The maximum absolute atomic E-state index is 12.4. The molecule has 1 aromatic carbocycles. The van der Waals surface area contributed by atoms with Crippen molar-refractivity contribution in [2.75, 3.05) is 19.6 Å². The van der Waals surface area contributed by atoms with Gasteiger partial charge in [0.1, 0.15) is 6.54 Å². The van der Waals surface area contributed by atoms with Gasteiger partial charge >= 0.3 is 12.1 Å². The molecule has 1 aliphatic rings. The fourth-order valence-corrected chi connectivity index (χ4v) is 3.06. The van der Waals surface area contributed by atoms with E-state index in [2.05, 4.69) is 5.32 Å². The largest absolute Gasteiger partial charge is 0.481 e. The highest BCUT2D eigenvalue weighted by Crippen LogP contribution is 2.24. The van der Waals surface area contributed by atoms with E-state index >= 15 is 0 Å². The number of aliphatic carboxylic acids is 1. The molecule has 1 heterocycles. The fraction of sp³-hybridized carbons (Fsp3) is 0.500. The van der Waals surface area contributed by atoms with E-state index in [-0.39, 0.29) is 25.9 Å². The summed E-state index contributed by atoms with van der Waals surface area (Å²) in [4.78, 5) is 35.9. The average molecular weight is 386 g/mol. The Kier molecular flexibility index (Phi) is 6.45. The number of nitrogens with one attached hydrogen (secondary N) is 1. The van der Waals surface area contributed by atoms with Crippen LogP contribution in [0.1, 0.15) is 17.5 Å². The molecular formula is C18H21F3N2O4. The third kappa shape index (κ3) is 6.26. The number of alkyl halides is 3.